The molecule has 0 aliphatic rings. The fraction of sp³-hybridized carbons (Fsp3) is 0.625. The molecule has 1 atom stereocenters. The van der Waals surface area contributed by atoms with Gasteiger partial charge in [0.1, 0.15) is 6.34 Å². The summed E-state index contributed by atoms with van der Waals surface area (Å²) in [6.45, 7) is 3.54. The minimum atomic E-state index is -0.818. The molecule has 0 fully saturated rings. The van der Waals surface area contributed by atoms with Gasteiger partial charge in [0.05, 0.1) is 5.92 Å². The van der Waals surface area contributed by atoms with Crippen LogP contribution in [0.3, 0.4) is 0 Å². The molecule has 0 saturated heterocycles. The Morgan fingerprint density at radius 2 is 2.33 bits per heavy atom. The minimum Gasteiger partial charge on any atom is -0.481 e. The van der Waals surface area contributed by atoms with E-state index >= 15 is 0 Å². The average Bonchev–Trinajstić information content (AvgIpc) is 2.03. The average molecular weight is 170 g/mol. The predicted octanol–water partition coefficient (Wildman–Crippen LogP) is 1.56. The lowest BCUT2D eigenvalue weighted by atomic mass is 10.0. The van der Waals surface area contributed by atoms with E-state index in [0.29, 0.717) is 12.8 Å². The second kappa shape index (κ2) is 5.46. The highest BCUT2D eigenvalue weighted by atomic mass is 16.4. The van der Waals surface area contributed by atoms with Crippen molar-refractivity contribution < 1.29 is 9.90 Å². The Morgan fingerprint density at radius 1 is 1.75 bits per heavy atom. The first-order valence-electron chi connectivity index (χ1n) is 3.89. The summed E-state index contributed by atoms with van der Waals surface area (Å²) >= 11 is 0. The number of nitrogens with zero attached hydrogens (tertiary/aromatic N) is 1. The van der Waals surface area contributed by atoms with E-state index in [0.717, 1.165) is 12.1 Å². The van der Waals surface area contributed by atoms with E-state index in [1.807, 2.05) is 6.92 Å². The summed E-state index contributed by atoms with van der Waals surface area (Å²) in [5.74, 6) is -1.23. The van der Waals surface area contributed by atoms with Gasteiger partial charge < -0.3 is 5.11 Å². The van der Waals surface area contributed by atoms with Crippen LogP contribution in [0.5, 0.6) is 0 Å². The first-order valence-corrected chi connectivity index (χ1v) is 3.89. The molecule has 0 aromatic rings. The summed E-state index contributed by atoms with van der Waals surface area (Å²) in [5, 5.41) is 15.3. The minimum absolute atomic E-state index is 0.413. The topological polar surface area (TPSA) is 73.5 Å². The number of nitrogens with one attached hydrogen (secondary N) is 1. The molecule has 0 spiro atoms. The molecule has 0 aliphatic heterocycles. The largest absolute Gasteiger partial charge is 0.481 e. The van der Waals surface area contributed by atoms with Crippen molar-refractivity contribution in [2.24, 2.45) is 10.9 Å². The van der Waals surface area contributed by atoms with Crippen molar-refractivity contribution >= 4 is 18.0 Å². The highest BCUT2D eigenvalue weighted by Crippen LogP contribution is 2.05. The number of hydrogen-bond acceptors (Lipinski definition) is 2. The third-order valence-corrected chi connectivity index (χ3v) is 1.62. The lowest BCUT2D eigenvalue weighted by Crippen LogP contribution is -2.14. The molecule has 2 N–H and O–H groups in total. The molecule has 0 saturated carbocycles. The maximum Gasteiger partial charge on any atom is 0.306 e. The van der Waals surface area contributed by atoms with E-state index in [-0.39, 0.29) is 0 Å². The molecule has 0 rings (SSSR count). The van der Waals surface area contributed by atoms with Gasteiger partial charge in [-0.05, 0) is 12.8 Å². The van der Waals surface area contributed by atoms with Crippen molar-refractivity contribution in [3.8, 4) is 0 Å². The second-order valence-electron chi connectivity index (χ2n) is 2.62. The van der Waals surface area contributed by atoms with Crippen LogP contribution in [0.1, 0.15) is 26.7 Å². The molecule has 0 aromatic heterocycles. The molecular weight excluding hydrogens is 156 g/mol. The first-order chi connectivity index (χ1) is 5.61. The molecular formula is C8H14N2O2. The third kappa shape index (κ3) is 3.85. The van der Waals surface area contributed by atoms with Gasteiger partial charge in [-0.25, -0.2) is 4.99 Å². The van der Waals surface area contributed by atoms with Crippen LogP contribution in [0.15, 0.2) is 4.99 Å². The molecule has 12 heavy (non-hydrogen) atoms. The molecule has 0 aliphatic carbocycles. The second-order valence-corrected chi connectivity index (χ2v) is 2.62. The van der Waals surface area contributed by atoms with Crippen LogP contribution < -0.4 is 0 Å². The van der Waals surface area contributed by atoms with Crippen molar-refractivity contribution in [3.63, 3.8) is 0 Å². The smallest absolute Gasteiger partial charge is 0.306 e. The summed E-state index contributed by atoms with van der Waals surface area (Å²) in [6.07, 6.45) is 2.08. The van der Waals surface area contributed by atoms with Gasteiger partial charge >= 0.3 is 5.97 Å². The van der Waals surface area contributed by atoms with E-state index in [1.54, 1.807) is 6.92 Å². The highest BCUT2D eigenvalue weighted by Gasteiger charge is 2.12. The fourth-order valence-corrected chi connectivity index (χ4v) is 0.820. The van der Waals surface area contributed by atoms with Crippen molar-refractivity contribution in [2.45, 2.75) is 26.7 Å². The Bertz CT molecular complexity index is 199. The molecule has 4 nitrogen and oxygen atoms in total. The van der Waals surface area contributed by atoms with E-state index in [2.05, 4.69) is 4.99 Å². The van der Waals surface area contributed by atoms with Crippen LogP contribution in [-0.4, -0.2) is 23.1 Å². The maximum atomic E-state index is 10.4. The lowest BCUT2D eigenvalue weighted by Gasteiger charge is -2.05. The van der Waals surface area contributed by atoms with Gasteiger partial charge in [-0.2, -0.15) is 0 Å². The van der Waals surface area contributed by atoms with E-state index in [9.17, 15) is 4.79 Å². The van der Waals surface area contributed by atoms with Crippen LogP contribution >= 0.6 is 0 Å². The number of carboxylic acids is 1. The summed E-state index contributed by atoms with van der Waals surface area (Å²) in [7, 11) is 0. The van der Waals surface area contributed by atoms with E-state index < -0.39 is 11.9 Å². The Morgan fingerprint density at radius 3 is 2.67 bits per heavy atom. The zero-order chi connectivity index (χ0) is 9.56. The van der Waals surface area contributed by atoms with E-state index in [1.165, 1.54) is 0 Å². The number of carbonyl (C=O) groups is 1. The summed E-state index contributed by atoms with van der Waals surface area (Å²) in [4.78, 5) is 14.2. The number of rotatable bonds is 5. The molecule has 4 heteroatoms. The molecule has 0 heterocycles. The van der Waals surface area contributed by atoms with E-state index in [4.69, 9.17) is 10.5 Å². The number of aliphatic carboxylic acids is 1. The van der Waals surface area contributed by atoms with Crippen LogP contribution in [0.2, 0.25) is 0 Å². The molecule has 1 unspecified atom stereocenters. The monoisotopic (exact) mass is 170 g/mol. The van der Waals surface area contributed by atoms with Crippen LogP contribution in [0.25, 0.3) is 0 Å². The predicted molar refractivity (Wildman–Crippen MR) is 47.9 cm³/mol. The van der Waals surface area contributed by atoms with Crippen molar-refractivity contribution in [3.05, 3.63) is 0 Å². The number of carboxylic acid groups (broad SMARTS) is 1. The lowest BCUT2D eigenvalue weighted by molar-refractivity contribution is -0.140. The van der Waals surface area contributed by atoms with Gasteiger partial charge in [0.2, 0.25) is 0 Å². The van der Waals surface area contributed by atoms with Crippen LogP contribution in [-0.2, 0) is 4.79 Å². The summed E-state index contributed by atoms with van der Waals surface area (Å²) in [6, 6.07) is 0. The van der Waals surface area contributed by atoms with Crippen molar-refractivity contribution in [1.29, 1.82) is 5.41 Å². The van der Waals surface area contributed by atoms with Gasteiger partial charge in [-0.1, -0.05) is 13.8 Å². The van der Waals surface area contributed by atoms with Gasteiger partial charge in [-0.15, -0.1) is 0 Å². The summed E-state index contributed by atoms with van der Waals surface area (Å²) in [5.41, 5.74) is 0.764. The zero-order valence-corrected chi connectivity index (χ0v) is 7.37. The molecule has 0 aromatic carbocycles. The normalized spacial score (nSPS) is 14.0. The number of aliphatic imine (C=N–C) groups is 1. The first kappa shape index (κ1) is 10.8. The van der Waals surface area contributed by atoms with Crippen LogP contribution in [0, 0.1) is 11.3 Å². The quantitative estimate of drug-likeness (QED) is 0.485. The van der Waals surface area contributed by atoms with Gasteiger partial charge in [0.15, 0.2) is 0 Å². The maximum absolute atomic E-state index is 10.4. The molecule has 0 radical (unpaired) electrons. The van der Waals surface area contributed by atoms with Crippen molar-refractivity contribution in [2.75, 3.05) is 0 Å². The molecule has 68 valence electrons. The van der Waals surface area contributed by atoms with Gasteiger partial charge in [0.25, 0.3) is 0 Å². The zero-order valence-electron chi connectivity index (χ0n) is 7.37. The Balaban J connectivity index is 4.11. The van der Waals surface area contributed by atoms with Crippen LogP contribution in [0.4, 0.5) is 0 Å². The SMILES string of the molecule is CCC(CC(C)C(=O)O)=NC=N. The van der Waals surface area contributed by atoms with Gasteiger partial charge in [0, 0.05) is 5.71 Å². The number of hydrogen-bond donors (Lipinski definition) is 2. The standard InChI is InChI=1S/C8H14N2O2/c1-3-7(10-5-9)4-6(2)8(11)12/h5-6,9H,3-4H2,1-2H3,(H,11,12). The third-order valence-electron chi connectivity index (χ3n) is 1.62. The fourth-order valence-electron chi connectivity index (χ4n) is 0.820. The molecule has 0 amide bonds. The van der Waals surface area contributed by atoms with Crippen molar-refractivity contribution in [1.82, 2.24) is 0 Å². The Hall–Kier alpha value is -1.19. The molecule has 0 bridgehead atoms. The Labute approximate surface area is 71.8 Å². The summed E-state index contributed by atoms with van der Waals surface area (Å²) < 4.78 is 0. The highest BCUT2D eigenvalue weighted by molar-refractivity contribution is 5.92. The van der Waals surface area contributed by atoms with Gasteiger partial charge in [-0.3, -0.25) is 10.2 Å². The Kier molecular flexibility index (Phi) is 4.92.